The van der Waals surface area contributed by atoms with Crippen molar-refractivity contribution in [1.82, 2.24) is 20.2 Å². The second-order valence-corrected chi connectivity index (χ2v) is 7.57. The molecule has 1 aromatic carbocycles. The molecule has 2 aromatic rings. The summed E-state index contributed by atoms with van der Waals surface area (Å²) < 4.78 is 0. The number of carbonyl (C=O) groups excluding carboxylic acids is 2. The summed E-state index contributed by atoms with van der Waals surface area (Å²) in [4.78, 5) is 39.6. The van der Waals surface area contributed by atoms with Gasteiger partial charge in [-0.3, -0.25) is 9.69 Å². The Morgan fingerprint density at radius 2 is 1.79 bits per heavy atom. The lowest BCUT2D eigenvalue weighted by Gasteiger charge is -2.36. The first-order valence-electron chi connectivity index (χ1n) is 9.94. The Bertz CT molecular complexity index is 952. The number of nitrogens with zero attached hydrogens (tertiary/aromatic N) is 5. The topological polar surface area (TPSA) is 81.7 Å². The van der Waals surface area contributed by atoms with E-state index in [-0.39, 0.29) is 11.9 Å². The van der Waals surface area contributed by atoms with Gasteiger partial charge in [0.1, 0.15) is 12.1 Å². The molecule has 2 aliphatic heterocycles. The number of aromatic nitrogens is 2. The van der Waals surface area contributed by atoms with Gasteiger partial charge in [0.2, 0.25) is 0 Å². The summed E-state index contributed by atoms with van der Waals surface area (Å²) in [7, 11) is 0. The van der Waals surface area contributed by atoms with E-state index in [4.69, 9.17) is 0 Å². The number of benzene rings is 1. The molecule has 0 spiro atoms. The van der Waals surface area contributed by atoms with Gasteiger partial charge in [0.25, 0.3) is 5.91 Å². The molecule has 0 unspecified atom stereocenters. The van der Waals surface area contributed by atoms with Crippen LogP contribution in [0.25, 0.3) is 0 Å². The zero-order valence-corrected chi connectivity index (χ0v) is 17.1. The Balaban J connectivity index is 1.47. The van der Waals surface area contributed by atoms with Crippen molar-refractivity contribution in [2.75, 3.05) is 49.1 Å². The lowest BCUT2D eigenvalue weighted by atomic mass is 10.1. The van der Waals surface area contributed by atoms with Gasteiger partial charge in [0.15, 0.2) is 0 Å². The zero-order chi connectivity index (χ0) is 20.5. The number of urea groups is 1. The van der Waals surface area contributed by atoms with E-state index in [2.05, 4.69) is 20.2 Å². The van der Waals surface area contributed by atoms with Crippen LogP contribution in [-0.4, -0.2) is 66.1 Å². The number of carbonyl (C=O) groups is 2. The highest BCUT2D eigenvalue weighted by molar-refractivity contribution is 5.99. The molecule has 1 aromatic heterocycles. The molecular formula is C21H26N6O2. The molecular weight excluding hydrogens is 368 g/mol. The third kappa shape index (κ3) is 3.62. The lowest BCUT2D eigenvalue weighted by molar-refractivity contribution is 0.0746. The Kier molecular flexibility index (Phi) is 5.08. The normalized spacial score (nSPS) is 16.9. The summed E-state index contributed by atoms with van der Waals surface area (Å²) in [6.07, 6.45) is 1.59. The second kappa shape index (κ2) is 7.69. The van der Waals surface area contributed by atoms with Gasteiger partial charge in [-0.2, -0.15) is 0 Å². The van der Waals surface area contributed by atoms with Crippen molar-refractivity contribution in [1.29, 1.82) is 0 Å². The number of nitrogens with one attached hydrogen (secondary N) is 1. The van der Waals surface area contributed by atoms with Gasteiger partial charge in [-0.1, -0.05) is 6.07 Å². The lowest BCUT2D eigenvalue weighted by Crippen LogP contribution is -2.49. The molecule has 0 radical (unpaired) electrons. The molecule has 2 fully saturated rings. The van der Waals surface area contributed by atoms with E-state index in [1.807, 2.05) is 43.9 Å². The van der Waals surface area contributed by atoms with Crippen molar-refractivity contribution in [3.63, 3.8) is 0 Å². The first-order valence-corrected chi connectivity index (χ1v) is 9.94. The fourth-order valence-electron chi connectivity index (χ4n) is 3.88. The molecule has 3 heterocycles. The minimum atomic E-state index is -0.109. The van der Waals surface area contributed by atoms with Gasteiger partial charge in [-0.15, -0.1) is 0 Å². The molecule has 0 saturated carbocycles. The van der Waals surface area contributed by atoms with Crippen LogP contribution in [0.1, 0.15) is 27.2 Å². The van der Waals surface area contributed by atoms with Crippen LogP contribution < -0.4 is 15.1 Å². The molecule has 4 rings (SSSR count). The highest BCUT2D eigenvalue weighted by atomic mass is 16.2. The van der Waals surface area contributed by atoms with Crippen LogP contribution in [-0.2, 0) is 0 Å². The number of aryl methyl sites for hydroxylation is 2. The number of hydrogen-bond donors (Lipinski definition) is 1. The highest BCUT2D eigenvalue weighted by Crippen LogP contribution is 2.25. The van der Waals surface area contributed by atoms with Crippen LogP contribution in [0.4, 0.5) is 16.3 Å². The first kappa shape index (κ1) is 19.2. The van der Waals surface area contributed by atoms with Crippen LogP contribution in [0.5, 0.6) is 0 Å². The van der Waals surface area contributed by atoms with Gasteiger partial charge < -0.3 is 15.1 Å². The van der Waals surface area contributed by atoms with Gasteiger partial charge in [-0.05, 0) is 38.5 Å². The van der Waals surface area contributed by atoms with E-state index in [1.54, 1.807) is 11.2 Å². The maximum Gasteiger partial charge on any atom is 0.322 e. The van der Waals surface area contributed by atoms with Crippen molar-refractivity contribution in [3.05, 3.63) is 46.9 Å². The average Bonchev–Trinajstić information content (AvgIpc) is 3.16. The van der Waals surface area contributed by atoms with Gasteiger partial charge in [0, 0.05) is 61.8 Å². The third-order valence-corrected chi connectivity index (χ3v) is 5.78. The van der Waals surface area contributed by atoms with Gasteiger partial charge in [0.05, 0.1) is 0 Å². The number of piperazine rings is 1. The highest BCUT2D eigenvalue weighted by Gasteiger charge is 2.27. The molecule has 0 atom stereocenters. The number of rotatable bonds is 3. The summed E-state index contributed by atoms with van der Waals surface area (Å²) in [6.45, 7) is 9.95. The van der Waals surface area contributed by atoms with Gasteiger partial charge in [-0.25, -0.2) is 14.8 Å². The Morgan fingerprint density at radius 3 is 2.48 bits per heavy atom. The summed E-state index contributed by atoms with van der Waals surface area (Å²) >= 11 is 0. The third-order valence-electron chi connectivity index (χ3n) is 5.78. The van der Waals surface area contributed by atoms with Crippen molar-refractivity contribution < 1.29 is 9.59 Å². The summed E-state index contributed by atoms with van der Waals surface area (Å²) in [5.74, 6) is 0.948. The molecule has 2 aliphatic rings. The quantitative estimate of drug-likeness (QED) is 0.860. The fraction of sp³-hybridized carbons (Fsp3) is 0.429. The molecule has 1 N–H and O–H groups in total. The fourth-order valence-corrected chi connectivity index (χ4v) is 3.88. The van der Waals surface area contributed by atoms with Crippen molar-refractivity contribution in [2.45, 2.75) is 20.8 Å². The molecule has 0 aliphatic carbocycles. The molecule has 3 amide bonds. The minimum Gasteiger partial charge on any atom is -0.353 e. The van der Waals surface area contributed by atoms with E-state index in [9.17, 15) is 9.59 Å². The average molecular weight is 394 g/mol. The molecule has 152 valence electrons. The predicted octanol–water partition coefficient (Wildman–Crippen LogP) is 1.89. The minimum absolute atomic E-state index is 0.00101. The standard InChI is InChI=1S/C21H26N6O2/c1-14-4-5-17(12-18(14)27-7-6-22-21(27)29)20(28)26-10-8-25(9-11-26)19-15(2)16(3)23-13-24-19/h4-5,12-13H,6-11H2,1-3H3,(H,22,29). The van der Waals surface area contributed by atoms with Crippen LogP contribution in [0.15, 0.2) is 24.5 Å². The maximum atomic E-state index is 13.1. The van der Waals surface area contributed by atoms with Crippen LogP contribution in [0, 0.1) is 20.8 Å². The molecule has 29 heavy (non-hydrogen) atoms. The monoisotopic (exact) mass is 394 g/mol. The van der Waals surface area contributed by atoms with Crippen molar-refractivity contribution in [2.24, 2.45) is 0 Å². The molecule has 8 nitrogen and oxygen atoms in total. The van der Waals surface area contributed by atoms with E-state index in [0.717, 1.165) is 41.4 Å². The van der Waals surface area contributed by atoms with E-state index >= 15 is 0 Å². The van der Waals surface area contributed by atoms with Crippen LogP contribution in [0.3, 0.4) is 0 Å². The second-order valence-electron chi connectivity index (χ2n) is 7.57. The van der Waals surface area contributed by atoms with Crippen molar-refractivity contribution in [3.8, 4) is 0 Å². The Labute approximate surface area is 170 Å². The largest absolute Gasteiger partial charge is 0.353 e. The first-order chi connectivity index (χ1) is 14.0. The van der Waals surface area contributed by atoms with E-state index in [1.165, 1.54) is 0 Å². The SMILES string of the molecule is Cc1ccc(C(=O)N2CCN(c3ncnc(C)c3C)CC2)cc1N1CCNC1=O. The van der Waals surface area contributed by atoms with Crippen LogP contribution in [0.2, 0.25) is 0 Å². The predicted molar refractivity (Wildman–Crippen MR) is 112 cm³/mol. The molecule has 8 heteroatoms. The smallest absolute Gasteiger partial charge is 0.322 e. The van der Waals surface area contributed by atoms with Crippen molar-refractivity contribution >= 4 is 23.4 Å². The number of amides is 3. The number of anilines is 2. The van der Waals surface area contributed by atoms with Crippen LogP contribution >= 0.6 is 0 Å². The zero-order valence-electron chi connectivity index (χ0n) is 17.1. The Morgan fingerprint density at radius 1 is 1.03 bits per heavy atom. The maximum absolute atomic E-state index is 13.1. The van der Waals surface area contributed by atoms with E-state index in [0.29, 0.717) is 31.7 Å². The number of hydrogen-bond acceptors (Lipinski definition) is 5. The summed E-state index contributed by atoms with van der Waals surface area (Å²) in [5.41, 5.74) is 4.47. The molecule has 2 saturated heterocycles. The summed E-state index contributed by atoms with van der Waals surface area (Å²) in [6, 6.07) is 5.49. The Hall–Kier alpha value is -3.16. The van der Waals surface area contributed by atoms with E-state index < -0.39 is 0 Å². The van der Waals surface area contributed by atoms with Gasteiger partial charge >= 0.3 is 6.03 Å². The summed E-state index contributed by atoms with van der Waals surface area (Å²) in [5, 5.41) is 2.81. The molecule has 0 bridgehead atoms.